The lowest BCUT2D eigenvalue weighted by atomic mass is 10.1. The molecule has 2 amide bonds. The van der Waals surface area contributed by atoms with Crippen LogP contribution in [0.25, 0.3) is 0 Å². The van der Waals surface area contributed by atoms with Crippen LogP contribution in [0.3, 0.4) is 0 Å². The molecule has 9 nitrogen and oxygen atoms in total. The summed E-state index contributed by atoms with van der Waals surface area (Å²) in [6.45, 7) is 13.9. The van der Waals surface area contributed by atoms with Crippen molar-refractivity contribution in [3.8, 4) is 0 Å². The van der Waals surface area contributed by atoms with Crippen LogP contribution in [0.2, 0.25) is 0 Å². The first kappa shape index (κ1) is 24.3. The number of carbonyl (C=O) groups is 3. The van der Waals surface area contributed by atoms with Gasteiger partial charge in [0, 0.05) is 0 Å². The highest BCUT2D eigenvalue weighted by Gasteiger charge is 2.37. The van der Waals surface area contributed by atoms with E-state index in [0.29, 0.717) is 17.0 Å². The molecule has 1 aromatic rings. The Morgan fingerprint density at radius 2 is 1.48 bits per heavy atom. The smallest absolute Gasteiger partial charge is 0.425 e. The first-order valence-electron chi connectivity index (χ1n) is 9.35. The summed E-state index contributed by atoms with van der Waals surface area (Å²) >= 11 is 0. The van der Waals surface area contributed by atoms with E-state index in [0.717, 1.165) is 0 Å². The van der Waals surface area contributed by atoms with Gasteiger partial charge in [-0.1, -0.05) is 13.8 Å². The second-order valence-electron chi connectivity index (χ2n) is 8.92. The molecule has 9 heteroatoms. The van der Waals surface area contributed by atoms with Crippen molar-refractivity contribution in [3.05, 3.63) is 17.6 Å². The second kappa shape index (κ2) is 9.19. The maximum absolute atomic E-state index is 12.8. The van der Waals surface area contributed by atoms with Crippen molar-refractivity contribution in [2.75, 3.05) is 12.0 Å². The van der Waals surface area contributed by atoms with Crippen LogP contribution in [0.5, 0.6) is 0 Å². The maximum atomic E-state index is 12.8. The zero-order valence-corrected chi connectivity index (χ0v) is 18.7. The highest BCUT2D eigenvalue weighted by Crippen LogP contribution is 2.24. The van der Waals surface area contributed by atoms with E-state index in [2.05, 4.69) is 9.97 Å². The van der Waals surface area contributed by atoms with E-state index in [1.54, 1.807) is 41.5 Å². The molecule has 29 heavy (non-hydrogen) atoms. The highest BCUT2D eigenvalue weighted by atomic mass is 16.6. The maximum Gasteiger partial charge on any atom is 0.425 e. The van der Waals surface area contributed by atoms with E-state index in [-0.39, 0.29) is 17.4 Å². The van der Waals surface area contributed by atoms with Crippen LogP contribution in [0.1, 0.15) is 71.6 Å². The number of carbonyl (C=O) groups excluding carboxylic acids is 3. The van der Waals surface area contributed by atoms with Crippen LogP contribution >= 0.6 is 0 Å². The number of anilines is 1. The van der Waals surface area contributed by atoms with Gasteiger partial charge in [-0.25, -0.2) is 24.4 Å². The van der Waals surface area contributed by atoms with E-state index < -0.39 is 29.4 Å². The summed E-state index contributed by atoms with van der Waals surface area (Å²) in [5.74, 6) is -0.892. The normalized spacial score (nSPS) is 11.8. The van der Waals surface area contributed by atoms with Gasteiger partial charge in [0.05, 0.1) is 19.0 Å². The van der Waals surface area contributed by atoms with Crippen LogP contribution in [-0.2, 0) is 20.6 Å². The van der Waals surface area contributed by atoms with Crippen molar-refractivity contribution >= 4 is 24.0 Å². The number of amides is 2. The largest absolute Gasteiger partial charge is 0.464 e. The van der Waals surface area contributed by atoms with Gasteiger partial charge in [-0.05, 0) is 53.9 Å². The molecular formula is C20H31N3O6. The molecule has 0 saturated heterocycles. The summed E-state index contributed by atoms with van der Waals surface area (Å²) in [5.41, 5.74) is -1.54. The van der Waals surface area contributed by atoms with Crippen LogP contribution < -0.4 is 4.90 Å². The van der Waals surface area contributed by atoms with Gasteiger partial charge in [0.25, 0.3) is 0 Å². The SMILES string of the molecule is COC(=O)c1nc(CC(C)C)cnc1N(C(=O)OC(C)(C)C)C(=O)OC(C)(C)C. The molecule has 1 rings (SSSR count). The summed E-state index contributed by atoms with van der Waals surface area (Å²) in [6.07, 6.45) is -0.120. The minimum absolute atomic E-state index is 0.258. The van der Waals surface area contributed by atoms with Crippen molar-refractivity contribution in [2.24, 2.45) is 5.92 Å². The fourth-order valence-corrected chi connectivity index (χ4v) is 2.20. The van der Waals surface area contributed by atoms with Crippen molar-refractivity contribution in [2.45, 2.75) is 73.0 Å². The van der Waals surface area contributed by atoms with Crippen molar-refractivity contribution in [1.29, 1.82) is 0 Å². The molecule has 1 heterocycles. The predicted octanol–water partition coefficient (Wildman–Crippen LogP) is 4.14. The molecule has 0 aliphatic rings. The van der Waals surface area contributed by atoms with Gasteiger partial charge < -0.3 is 14.2 Å². The van der Waals surface area contributed by atoms with E-state index in [1.165, 1.54) is 13.3 Å². The topological polar surface area (TPSA) is 108 Å². The molecule has 0 aliphatic heterocycles. The third kappa shape index (κ3) is 7.67. The first-order chi connectivity index (χ1) is 13.1. The Bertz CT molecular complexity index is 734. The van der Waals surface area contributed by atoms with E-state index in [4.69, 9.17) is 14.2 Å². The zero-order chi connectivity index (χ0) is 22.6. The van der Waals surface area contributed by atoms with Crippen LogP contribution in [0.15, 0.2) is 6.20 Å². The second-order valence-corrected chi connectivity index (χ2v) is 8.92. The summed E-state index contributed by atoms with van der Waals surface area (Å²) in [6, 6.07) is 0. The average molecular weight is 409 g/mol. The number of hydrogen-bond donors (Lipinski definition) is 0. The van der Waals surface area contributed by atoms with Gasteiger partial charge in [0.1, 0.15) is 11.2 Å². The van der Waals surface area contributed by atoms with Gasteiger partial charge in [-0.2, -0.15) is 4.90 Å². The standard InChI is InChI=1S/C20H31N3O6/c1-12(2)10-13-11-21-15(14(22-13)16(24)27-9)23(17(25)28-19(3,4)5)18(26)29-20(6,7)8/h11-12H,10H2,1-9H3. The third-order valence-electron chi connectivity index (χ3n) is 3.16. The fourth-order valence-electron chi connectivity index (χ4n) is 2.20. The lowest BCUT2D eigenvalue weighted by molar-refractivity contribution is 0.0428. The number of ether oxygens (including phenoxy) is 3. The van der Waals surface area contributed by atoms with Gasteiger partial charge in [-0.15, -0.1) is 0 Å². The molecule has 0 aliphatic carbocycles. The lowest BCUT2D eigenvalue weighted by Gasteiger charge is -2.28. The number of hydrogen-bond acceptors (Lipinski definition) is 8. The van der Waals surface area contributed by atoms with Gasteiger partial charge in [-0.3, -0.25) is 0 Å². The number of rotatable bonds is 4. The number of methoxy groups -OCH3 is 1. The molecule has 0 bridgehead atoms. The minimum atomic E-state index is -1.04. The molecule has 0 spiro atoms. The van der Waals surface area contributed by atoms with Crippen molar-refractivity contribution in [3.63, 3.8) is 0 Å². The number of aromatic nitrogens is 2. The first-order valence-corrected chi connectivity index (χ1v) is 9.35. The number of esters is 1. The van der Waals surface area contributed by atoms with Crippen molar-refractivity contribution in [1.82, 2.24) is 9.97 Å². The summed E-state index contributed by atoms with van der Waals surface area (Å²) in [4.78, 5) is 46.9. The molecule has 0 fully saturated rings. The van der Waals surface area contributed by atoms with Gasteiger partial charge in [0.15, 0.2) is 11.5 Å². The summed E-state index contributed by atoms with van der Waals surface area (Å²) < 4.78 is 15.4. The average Bonchev–Trinajstić information content (AvgIpc) is 2.51. The molecule has 0 unspecified atom stereocenters. The third-order valence-corrected chi connectivity index (χ3v) is 3.16. The Morgan fingerprint density at radius 1 is 1.00 bits per heavy atom. The number of nitrogens with zero attached hydrogens (tertiary/aromatic N) is 3. The Kier molecular flexibility index (Phi) is 7.71. The fraction of sp³-hybridized carbons (Fsp3) is 0.650. The minimum Gasteiger partial charge on any atom is -0.464 e. The zero-order valence-electron chi connectivity index (χ0n) is 18.7. The Hall–Kier alpha value is -2.71. The van der Waals surface area contributed by atoms with E-state index in [9.17, 15) is 14.4 Å². The molecule has 0 radical (unpaired) electrons. The summed E-state index contributed by atoms with van der Waals surface area (Å²) in [5, 5.41) is 0. The molecule has 162 valence electrons. The van der Waals surface area contributed by atoms with Gasteiger partial charge >= 0.3 is 18.2 Å². The van der Waals surface area contributed by atoms with Gasteiger partial charge in [0.2, 0.25) is 0 Å². The molecule has 0 N–H and O–H groups in total. The quantitative estimate of drug-likeness (QED) is 0.539. The lowest BCUT2D eigenvalue weighted by Crippen LogP contribution is -2.45. The Balaban J connectivity index is 3.55. The monoisotopic (exact) mass is 409 g/mol. The van der Waals surface area contributed by atoms with E-state index in [1.807, 2.05) is 13.8 Å². The van der Waals surface area contributed by atoms with E-state index >= 15 is 0 Å². The van der Waals surface area contributed by atoms with Crippen LogP contribution in [0.4, 0.5) is 15.4 Å². The summed E-state index contributed by atoms with van der Waals surface area (Å²) in [7, 11) is 1.17. The van der Waals surface area contributed by atoms with Crippen LogP contribution in [0, 0.1) is 5.92 Å². The molecular weight excluding hydrogens is 378 g/mol. The highest BCUT2D eigenvalue weighted by molar-refractivity contribution is 6.11. The van der Waals surface area contributed by atoms with Crippen LogP contribution in [-0.4, -0.2) is 46.4 Å². The Labute approximate surface area is 171 Å². The molecule has 0 aromatic carbocycles. The molecule has 1 aromatic heterocycles. The molecule has 0 atom stereocenters. The van der Waals surface area contributed by atoms with Crippen molar-refractivity contribution < 1.29 is 28.6 Å². The predicted molar refractivity (Wildman–Crippen MR) is 107 cm³/mol. The number of imide groups is 1. The molecule has 0 saturated carbocycles. The Morgan fingerprint density at radius 3 is 1.86 bits per heavy atom.